The third kappa shape index (κ3) is 15.5. The van der Waals surface area contributed by atoms with Crippen LogP contribution in [-0.2, 0) is 11.3 Å². The number of amidine groups is 1. The first-order valence-corrected chi connectivity index (χ1v) is 11.7. The van der Waals surface area contributed by atoms with Gasteiger partial charge in [-0.15, -0.1) is 0 Å². The lowest BCUT2D eigenvalue weighted by Crippen LogP contribution is -2.39. The SMILES string of the molecule is CC.CC(C)CC(C/C(N)=N/NN)C(=O)O.CF.Cc1ccc(CN2CCC(N)CC2)c(F)c1. The lowest BCUT2D eigenvalue weighted by Gasteiger charge is -2.30. The van der Waals surface area contributed by atoms with Crippen molar-refractivity contribution in [3.8, 4) is 0 Å². The number of benzene rings is 1. The van der Waals surface area contributed by atoms with E-state index in [1.165, 1.54) is 0 Å². The molecule has 34 heavy (non-hydrogen) atoms. The Labute approximate surface area is 203 Å². The van der Waals surface area contributed by atoms with Crippen molar-refractivity contribution in [2.24, 2.45) is 34.2 Å². The van der Waals surface area contributed by atoms with E-state index in [4.69, 9.17) is 22.4 Å². The van der Waals surface area contributed by atoms with E-state index in [0.29, 0.717) is 32.1 Å². The zero-order valence-electron chi connectivity index (χ0n) is 21.7. The standard InChI is InChI=1S/C13H19FN2.C8H18N4O2.C2H6.CH3F/c1-10-2-3-11(13(14)8-10)9-16-6-4-12(15)5-7-16;1-5(2)3-6(8(13)14)4-7(9)11-12-10;2*1-2/h2-3,8,12H,4-7,9,15H2,1H3;5-6,12H,3-4,10H2,1-2H3,(H2,9,11)(H,13,14);1-2H3;1H3. The molecule has 0 saturated carbocycles. The van der Waals surface area contributed by atoms with Gasteiger partial charge in [0.2, 0.25) is 0 Å². The normalized spacial score (nSPS) is 15.1. The number of hydrogen-bond donors (Lipinski definition) is 5. The number of alkyl halides is 1. The van der Waals surface area contributed by atoms with Crippen LogP contribution in [0.5, 0.6) is 0 Å². The van der Waals surface area contributed by atoms with Crippen molar-refractivity contribution in [3.05, 3.63) is 35.1 Å². The number of nitrogens with one attached hydrogen (secondary N) is 1. The summed E-state index contributed by atoms with van der Waals surface area (Å²) in [7, 11) is 0.500. The molecule has 1 atom stereocenters. The number of aryl methyl sites for hydroxylation is 1. The van der Waals surface area contributed by atoms with E-state index in [1.54, 1.807) is 6.07 Å². The molecular weight excluding hydrogens is 442 g/mol. The van der Waals surface area contributed by atoms with Gasteiger partial charge in [-0.25, -0.2) is 15.8 Å². The number of carboxylic acids is 1. The Morgan fingerprint density at radius 2 is 1.82 bits per heavy atom. The second kappa shape index (κ2) is 20.1. The molecule has 198 valence electrons. The number of hydrazine groups is 1. The highest BCUT2D eigenvalue weighted by Crippen LogP contribution is 2.16. The Kier molecular flexibility index (Phi) is 20.0. The lowest BCUT2D eigenvalue weighted by atomic mass is 9.94. The molecule has 0 amide bonds. The van der Waals surface area contributed by atoms with Crippen molar-refractivity contribution in [2.75, 3.05) is 20.3 Å². The molecule has 1 aromatic rings. The molecule has 8 nitrogen and oxygen atoms in total. The largest absolute Gasteiger partial charge is 0.481 e. The fourth-order valence-electron chi connectivity index (χ4n) is 3.35. The Balaban J connectivity index is 0. The summed E-state index contributed by atoms with van der Waals surface area (Å²) in [5.74, 6) is 4.01. The monoisotopic (exact) mass is 488 g/mol. The number of halogens is 2. The van der Waals surface area contributed by atoms with Gasteiger partial charge in [-0.2, -0.15) is 5.10 Å². The van der Waals surface area contributed by atoms with Crippen LogP contribution in [0.15, 0.2) is 23.3 Å². The minimum atomic E-state index is -0.853. The third-order valence-corrected chi connectivity index (χ3v) is 5.00. The molecule has 0 spiro atoms. The maximum absolute atomic E-state index is 13.6. The molecule has 1 fully saturated rings. The van der Waals surface area contributed by atoms with Crippen LogP contribution in [0.2, 0.25) is 0 Å². The summed E-state index contributed by atoms with van der Waals surface area (Å²) >= 11 is 0. The first kappa shape index (κ1) is 33.9. The van der Waals surface area contributed by atoms with Crippen molar-refractivity contribution in [1.82, 2.24) is 10.4 Å². The number of nitrogens with zero attached hydrogens (tertiary/aromatic N) is 2. The molecule has 2 rings (SSSR count). The molecule has 1 saturated heterocycles. The number of likely N-dealkylation sites (tertiary alicyclic amines) is 1. The topological polar surface area (TPSA) is 143 Å². The number of carboxylic acid groups (broad SMARTS) is 1. The minimum absolute atomic E-state index is 0.0881. The highest BCUT2D eigenvalue weighted by molar-refractivity contribution is 5.84. The Hall–Kier alpha value is -2.30. The van der Waals surface area contributed by atoms with Gasteiger partial charge < -0.3 is 16.6 Å². The van der Waals surface area contributed by atoms with Crippen LogP contribution in [0.4, 0.5) is 8.78 Å². The summed E-state index contributed by atoms with van der Waals surface area (Å²) in [6.45, 7) is 12.5. The number of piperidine rings is 1. The average Bonchev–Trinajstić information content (AvgIpc) is 2.80. The zero-order valence-corrected chi connectivity index (χ0v) is 21.7. The minimum Gasteiger partial charge on any atom is -0.481 e. The third-order valence-electron chi connectivity index (χ3n) is 5.00. The fraction of sp³-hybridized carbons (Fsp3) is 0.667. The highest BCUT2D eigenvalue weighted by atomic mass is 19.1. The number of aliphatic carboxylic acids is 1. The molecule has 0 aliphatic carbocycles. The number of carbonyl (C=O) groups is 1. The van der Waals surface area contributed by atoms with E-state index in [9.17, 15) is 13.6 Å². The smallest absolute Gasteiger partial charge is 0.306 e. The fourth-order valence-corrected chi connectivity index (χ4v) is 3.35. The number of hydrogen-bond acceptors (Lipinski definition) is 6. The number of nitrogens with two attached hydrogens (primary N) is 3. The van der Waals surface area contributed by atoms with E-state index in [0.717, 1.165) is 37.1 Å². The first-order chi connectivity index (χ1) is 16.1. The summed E-state index contributed by atoms with van der Waals surface area (Å²) in [5, 5.41) is 12.4. The van der Waals surface area contributed by atoms with E-state index >= 15 is 0 Å². The second-order valence-corrected chi connectivity index (χ2v) is 8.31. The molecular formula is C24H46F2N6O2. The molecule has 1 aromatic carbocycles. The maximum atomic E-state index is 13.6. The predicted octanol–water partition coefficient (Wildman–Crippen LogP) is 3.53. The number of hydrazone groups is 1. The van der Waals surface area contributed by atoms with Gasteiger partial charge in [0, 0.05) is 24.6 Å². The van der Waals surface area contributed by atoms with Crippen molar-refractivity contribution >= 4 is 11.8 Å². The van der Waals surface area contributed by atoms with E-state index in [1.807, 2.05) is 52.3 Å². The van der Waals surface area contributed by atoms with Gasteiger partial charge in [0.25, 0.3) is 0 Å². The van der Waals surface area contributed by atoms with Crippen LogP contribution in [0.25, 0.3) is 0 Å². The van der Waals surface area contributed by atoms with Gasteiger partial charge in [0.1, 0.15) is 11.7 Å². The van der Waals surface area contributed by atoms with Crippen LogP contribution in [0.1, 0.15) is 64.5 Å². The summed E-state index contributed by atoms with van der Waals surface area (Å²) in [6.07, 6.45) is 2.84. The molecule has 0 bridgehead atoms. The first-order valence-electron chi connectivity index (χ1n) is 11.7. The van der Waals surface area contributed by atoms with Gasteiger partial charge in [-0.1, -0.05) is 39.8 Å². The van der Waals surface area contributed by atoms with Crippen molar-refractivity contribution in [3.63, 3.8) is 0 Å². The molecule has 1 heterocycles. The summed E-state index contributed by atoms with van der Waals surface area (Å²) in [6, 6.07) is 5.79. The van der Waals surface area contributed by atoms with Crippen LogP contribution < -0.4 is 22.8 Å². The van der Waals surface area contributed by atoms with Crippen LogP contribution in [0.3, 0.4) is 0 Å². The molecule has 1 aliphatic rings. The second-order valence-electron chi connectivity index (χ2n) is 8.31. The molecule has 10 heteroatoms. The zero-order chi connectivity index (χ0) is 26.7. The molecule has 0 aromatic heterocycles. The summed E-state index contributed by atoms with van der Waals surface area (Å²) in [4.78, 5) is 13.1. The highest BCUT2D eigenvalue weighted by Gasteiger charge is 2.20. The molecule has 0 radical (unpaired) electrons. The van der Waals surface area contributed by atoms with Crippen molar-refractivity contribution in [2.45, 2.75) is 72.9 Å². The van der Waals surface area contributed by atoms with Crippen molar-refractivity contribution < 1.29 is 18.7 Å². The van der Waals surface area contributed by atoms with Gasteiger partial charge in [0.15, 0.2) is 0 Å². The van der Waals surface area contributed by atoms with Gasteiger partial charge >= 0.3 is 5.97 Å². The van der Waals surface area contributed by atoms with E-state index < -0.39 is 11.9 Å². The summed E-state index contributed by atoms with van der Waals surface area (Å²) < 4.78 is 23.1. The van der Waals surface area contributed by atoms with Gasteiger partial charge in [-0.3, -0.25) is 14.1 Å². The predicted molar refractivity (Wildman–Crippen MR) is 136 cm³/mol. The van der Waals surface area contributed by atoms with Crippen LogP contribution >= 0.6 is 0 Å². The number of rotatable bonds is 8. The van der Waals surface area contributed by atoms with E-state index in [2.05, 4.69) is 10.0 Å². The Morgan fingerprint density at radius 3 is 2.26 bits per heavy atom. The van der Waals surface area contributed by atoms with Crippen molar-refractivity contribution in [1.29, 1.82) is 0 Å². The Bertz CT molecular complexity index is 696. The summed E-state index contributed by atoms with van der Waals surface area (Å²) in [5.41, 5.74) is 15.1. The van der Waals surface area contributed by atoms with Gasteiger partial charge in [0.05, 0.1) is 13.1 Å². The van der Waals surface area contributed by atoms with E-state index in [-0.39, 0.29) is 18.1 Å². The molecule has 1 unspecified atom stereocenters. The quantitative estimate of drug-likeness (QED) is 0.163. The molecule has 1 aliphatic heterocycles. The Morgan fingerprint density at radius 1 is 1.26 bits per heavy atom. The maximum Gasteiger partial charge on any atom is 0.306 e. The van der Waals surface area contributed by atoms with Gasteiger partial charge in [-0.05, 0) is 56.8 Å². The lowest BCUT2D eigenvalue weighted by molar-refractivity contribution is -0.142. The molecule has 8 N–H and O–H groups in total. The van der Waals surface area contributed by atoms with Crippen LogP contribution in [-0.4, -0.2) is 48.1 Å². The average molecular weight is 489 g/mol. The van der Waals surface area contributed by atoms with Crippen LogP contribution in [0, 0.1) is 24.6 Å².